The molecule has 0 saturated heterocycles. The first-order valence-electron chi connectivity index (χ1n) is 5.29. The zero-order valence-electron chi connectivity index (χ0n) is 9.84. The molecule has 0 saturated carbocycles. The number of ether oxygens (including phenoxy) is 1. The van der Waals surface area contributed by atoms with Crippen molar-refractivity contribution in [2.24, 2.45) is 0 Å². The lowest BCUT2D eigenvalue weighted by atomic mass is 10.1. The molecular weight excluding hydrogens is 234 g/mol. The molecule has 1 aromatic heterocycles. The van der Waals surface area contributed by atoms with Crippen molar-refractivity contribution in [2.75, 3.05) is 18.2 Å². The molecule has 0 bridgehead atoms. The molecule has 0 spiro atoms. The van der Waals surface area contributed by atoms with Crippen LogP contribution >= 0.6 is 0 Å². The van der Waals surface area contributed by atoms with E-state index in [9.17, 15) is 4.79 Å². The highest BCUT2D eigenvalue weighted by molar-refractivity contribution is 5.91. The lowest BCUT2D eigenvalue weighted by molar-refractivity contribution is 0.0601. The molecule has 94 valence electrons. The van der Waals surface area contributed by atoms with Crippen LogP contribution in [0.1, 0.15) is 16.1 Å². The number of hydrogen-bond acceptors (Lipinski definition) is 6. The molecule has 6 heteroatoms. The lowest BCUT2D eigenvalue weighted by Crippen LogP contribution is -2.06. The Morgan fingerprint density at radius 1 is 1.56 bits per heavy atom. The van der Waals surface area contributed by atoms with Gasteiger partial charge in [0.2, 0.25) is 0 Å². The molecule has 0 radical (unpaired) electrons. The number of benzene rings is 1. The Labute approximate surface area is 104 Å². The van der Waals surface area contributed by atoms with Gasteiger partial charge in [-0.1, -0.05) is 0 Å². The van der Waals surface area contributed by atoms with Crippen LogP contribution in [-0.4, -0.2) is 18.1 Å². The van der Waals surface area contributed by atoms with E-state index in [1.54, 1.807) is 18.2 Å². The molecule has 18 heavy (non-hydrogen) atoms. The van der Waals surface area contributed by atoms with E-state index >= 15 is 0 Å². The van der Waals surface area contributed by atoms with E-state index in [4.69, 9.17) is 10.2 Å². The van der Waals surface area contributed by atoms with Crippen LogP contribution in [0.2, 0.25) is 0 Å². The number of nitrogen functional groups attached to an aromatic ring is 1. The van der Waals surface area contributed by atoms with E-state index in [-0.39, 0.29) is 0 Å². The van der Waals surface area contributed by atoms with Crippen LogP contribution in [0.25, 0.3) is 0 Å². The fraction of sp³-hybridized carbons (Fsp3) is 0.167. The van der Waals surface area contributed by atoms with E-state index in [0.29, 0.717) is 23.5 Å². The van der Waals surface area contributed by atoms with Crippen molar-refractivity contribution in [3.05, 3.63) is 42.1 Å². The van der Waals surface area contributed by atoms with Crippen molar-refractivity contribution < 1.29 is 13.9 Å². The number of anilines is 2. The number of rotatable bonds is 4. The van der Waals surface area contributed by atoms with Gasteiger partial charge in [-0.25, -0.2) is 9.78 Å². The fourth-order valence-corrected chi connectivity index (χ4v) is 1.46. The van der Waals surface area contributed by atoms with Gasteiger partial charge in [-0.3, -0.25) is 0 Å². The average Bonchev–Trinajstić information content (AvgIpc) is 2.90. The van der Waals surface area contributed by atoms with Crippen molar-refractivity contribution in [1.29, 1.82) is 0 Å². The van der Waals surface area contributed by atoms with Crippen molar-refractivity contribution in [3.8, 4) is 0 Å². The van der Waals surface area contributed by atoms with E-state index in [1.807, 2.05) is 0 Å². The molecule has 1 aromatic carbocycles. The Morgan fingerprint density at radius 3 is 3.06 bits per heavy atom. The first-order chi connectivity index (χ1) is 8.70. The molecule has 0 unspecified atom stereocenters. The lowest BCUT2D eigenvalue weighted by Gasteiger charge is -2.09. The van der Waals surface area contributed by atoms with E-state index in [2.05, 4.69) is 15.0 Å². The first kappa shape index (κ1) is 12.0. The summed E-state index contributed by atoms with van der Waals surface area (Å²) in [6, 6.07) is 4.90. The second kappa shape index (κ2) is 5.22. The summed E-state index contributed by atoms with van der Waals surface area (Å²) in [5, 5.41) is 3.08. The quantitative estimate of drug-likeness (QED) is 0.630. The number of methoxy groups -OCH3 is 1. The van der Waals surface area contributed by atoms with Gasteiger partial charge < -0.3 is 20.2 Å². The first-order valence-corrected chi connectivity index (χ1v) is 5.29. The van der Waals surface area contributed by atoms with Gasteiger partial charge in [-0.05, 0) is 18.2 Å². The third-order valence-electron chi connectivity index (χ3n) is 2.42. The number of nitrogens with zero attached hydrogens (tertiary/aromatic N) is 1. The van der Waals surface area contributed by atoms with Crippen molar-refractivity contribution >= 4 is 17.3 Å². The Morgan fingerprint density at radius 2 is 2.39 bits per heavy atom. The fourth-order valence-electron chi connectivity index (χ4n) is 1.46. The predicted molar refractivity (Wildman–Crippen MR) is 66.0 cm³/mol. The summed E-state index contributed by atoms with van der Waals surface area (Å²) in [4.78, 5) is 15.4. The molecule has 2 rings (SSSR count). The van der Waals surface area contributed by atoms with Crippen LogP contribution in [0.4, 0.5) is 11.4 Å². The largest absolute Gasteiger partial charge is 0.465 e. The molecule has 6 nitrogen and oxygen atoms in total. The van der Waals surface area contributed by atoms with Crippen LogP contribution < -0.4 is 11.1 Å². The molecule has 0 aliphatic rings. The molecule has 0 atom stereocenters. The van der Waals surface area contributed by atoms with Gasteiger partial charge in [0, 0.05) is 0 Å². The van der Waals surface area contributed by atoms with E-state index in [0.717, 1.165) is 5.69 Å². The molecule has 0 fully saturated rings. The molecule has 0 aliphatic heterocycles. The van der Waals surface area contributed by atoms with Gasteiger partial charge >= 0.3 is 5.97 Å². The van der Waals surface area contributed by atoms with E-state index < -0.39 is 5.97 Å². The summed E-state index contributed by atoms with van der Waals surface area (Å²) >= 11 is 0. The highest BCUT2D eigenvalue weighted by atomic mass is 16.5. The van der Waals surface area contributed by atoms with Gasteiger partial charge in [0.05, 0.1) is 36.3 Å². The molecule has 1 heterocycles. The van der Waals surface area contributed by atoms with Crippen LogP contribution in [0.3, 0.4) is 0 Å². The van der Waals surface area contributed by atoms with Gasteiger partial charge in [-0.15, -0.1) is 0 Å². The number of hydrogen-bond donors (Lipinski definition) is 2. The normalized spacial score (nSPS) is 10.1. The average molecular weight is 247 g/mol. The van der Waals surface area contributed by atoms with Crippen LogP contribution in [0.15, 0.2) is 35.3 Å². The highest BCUT2D eigenvalue weighted by Gasteiger charge is 2.08. The minimum Gasteiger partial charge on any atom is -0.465 e. The second-order valence-electron chi connectivity index (χ2n) is 3.63. The minimum absolute atomic E-state index is 0.403. The monoisotopic (exact) mass is 247 g/mol. The standard InChI is InChI=1S/C12H13N3O3/c1-17-12(16)8-2-3-10(13)11(4-8)14-5-9-6-18-7-15-9/h2-4,6-7,14H,5,13H2,1H3. The zero-order chi connectivity index (χ0) is 13.0. The van der Waals surface area contributed by atoms with Gasteiger partial charge in [0.1, 0.15) is 6.26 Å². The minimum atomic E-state index is -0.403. The molecule has 0 amide bonds. The number of nitrogens with one attached hydrogen (secondary N) is 1. The highest BCUT2D eigenvalue weighted by Crippen LogP contribution is 2.21. The van der Waals surface area contributed by atoms with Gasteiger partial charge in [0.25, 0.3) is 0 Å². The maximum atomic E-state index is 11.4. The SMILES string of the molecule is COC(=O)c1ccc(N)c(NCc2cocn2)c1. The Balaban J connectivity index is 2.13. The van der Waals surface area contributed by atoms with Gasteiger partial charge in [0.15, 0.2) is 6.39 Å². The smallest absolute Gasteiger partial charge is 0.337 e. The number of oxazole rings is 1. The summed E-state index contributed by atoms with van der Waals surface area (Å²) < 4.78 is 9.50. The van der Waals surface area contributed by atoms with Crippen molar-refractivity contribution in [3.63, 3.8) is 0 Å². The number of esters is 1. The summed E-state index contributed by atoms with van der Waals surface area (Å²) in [6.07, 6.45) is 2.89. The predicted octanol–water partition coefficient (Wildman–Crippen LogP) is 1.66. The number of nitrogens with two attached hydrogens (primary N) is 1. The zero-order valence-corrected chi connectivity index (χ0v) is 9.84. The molecular formula is C12H13N3O3. The Bertz CT molecular complexity index is 538. The van der Waals surface area contributed by atoms with E-state index in [1.165, 1.54) is 19.8 Å². The van der Waals surface area contributed by atoms with Crippen molar-refractivity contribution in [1.82, 2.24) is 4.98 Å². The summed E-state index contributed by atoms with van der Waals surface area (Å²) in [7, 11) is 1.33. The van der Waals surface area contributed by atoms with Crippen LogP contribution in [0.5, 0.6) is 0 Å². The Hall–Kier alpha value is -2.50. The van der Waals surface area contributed by atoms with Gasteiger partial charge in [-0.2, -0.15) is 0 Å². The number of carbonyl (C=O) groups excluding carboxylic acids is 1. The summed E-state index contributed by atoms with van der Waals surface area (Å²) in [6.45, 7) is 0.464. The second-order valence-corrected chi connectivity index (χ2v) is 3.63. The maximum Gasteiger partial charge on any atom is 0.337 e. The molecule has 3 N–H and O–H groups in total. The molecule has 0 aliphatic carbocycles. The number of carbonyl (C=O) groups is 1. The Kier molecular flexibility index (Phi) is 3.47. The van der Waals surface area contributed by atoms with Crippen molar-refractivity contribution in [2.45, 2.75) is 6.54 Å². The third-order valence-corrected chi connectivity index (χ3v) is 2.42. The number of aromatic nitrogens is 1. The molecule has 2 aromatic rings. The van der Waals surface area contributed by atoms with Crippen LogP contribution in [0, 0.1) is 0 Å². The summed E-state index contributed by atoms with van der Waals surface area (Å²) in [5.41, 5.74) is 8.20. The van der Waals surface area contributed by atoms with Crippen LogP contribution in [-0.2, 0) is 11.3 Å². The topological polar surface area (TPSA) is 90.4 Å². The summed E-state index contributed by atoms with van der Waals surface area (Å²) in [5.74, 6) is -0.403. The third kappa shape index (κ3) is 2.60. The maximum absolute atomic E-state index is 11.4.